The zero-order valence-corrected chi connectivity index (χ0v) is 11.5. The van der Waals surface area contributed by atoms with Gasteiger partial charge >= 0.3 is 6.03 Å². The Bertz CT molecular complexity index is 464. The molecule has 2 aromatic carbocycles. The second-order valence-electron chi connectivity index (χ2n) is 4.65. The Morgan fingerprint density at radius 1 is 0.700 bits per heavy atom. The van der Waals surface area contributed by atoms with E-state index in [-0.39, 0.29) is 6.03 Å². The summed E-state index contributed by atoms with van der Waals surface area (Å²) in [4.78, 5) is 11.6. The summed E-state index contributed by atoms with van der Waals surface area (Å²) in [6.45, 7) is 1.31. The first-order chi connectivity index (χ1) is 9.84. The standard InChI is InChI=1S/C17H20N2O/c20-17(18-13-11-15-7-3-1-4-8-15)19-14-12-16-9-5-2-6-10-16/h1-10H,11-14H2,(H2,18,19,20). The topological polar surface area (TPSA) is 41.1 Å². The van der Waals surface area contributed by atoms with Crippen LogP contribution in [0, 0.1) is 0 Å². The van der Waals surface area contributed by atoms with Crippen LogP contribution in [0.4, 0.5) is 4.79 Å². The van der Waals surface area contributed by atoms with Crippen molar-refractivity contribution in [3.8, 4) is 0 Å². The molecular formula is C17H20N2O. The lowest BCUT2D eigenvalue weighted by Crippen LogP contribution is -2.37. The van der Waals surface area contributed by atoms with Crippen LogP contribution in [0.25, 0.3) is 0 Å². The average molecular weight is 268 g/mol. The van der Waals surface area contributed by atoms with Crippen LogP contribution in [0.1, 0.15) is 11.1 Å². The first-order valence-corrected chi connectivity index (χ1v) is 6.94. The quantitative estimate of drug-likeness (QED) is 0.831. The lowest BCUT2D eigenvalue weighted by Gasteiger charge is -2.07. The molecule has 2 rings (SSSR count). The molecule has 0 fully saturated rings. The molecule has 2 N–H and O–H groups in total. The monoisotopic (exact) mass is 268 g/mol. The van der Waals surface area contributed by atoms with Gasteiger partial charge in [0.25, 0.3) is 0 Å². The fourth-order valence-corrected chi connectivity index (χ4v) is 1.99. The summed E-state index contributed by atoms with van der Waals surface area (Å²) in [5.74, 6) is 0. The molecule has 0 saturated heterocycles. The Labute approximate surface area is 120 Å². The van der Waals surface area contributed by atoms with Crippen molar-refractivity contribution in [1.29, 1.82) is 0 Å². The van der Waals surface area contributed by atoms with Crippen LogP contribution in [0.15, 0.2) is 60.7 Å². The van der Waals surface area contributed by atoms with E-state index in [1.165, 1.54) is 11.1 Å². The highest BCUT2D eigenvalue weighted by Crippen LogP contribution is 1.99. The van der Waals surface area contributed by atoms with E-state index in [1.54, 1.807) is 0 Å². The smallest absolute Gasteiger partial charge is 0.314 e. The Kier molecular flexibility index (Phi) is 5.65. The van der Waals surface area contributed by atoms with Crippen LogP contribution in [-0.4, -0.2) is 19.1 Å². The third-order valence-corrected chi connectivity index (χ3v) is 3.08. The first-order valence-electron chi connectivity index (χ1n) is 6.94. The van der Waals surface area contributed by atoms with Crippen molar-refractivity contribution >= 4 is 6.03 Å². The molecule has 104 valence electrons. The van der Waals surface area contributed by atoms with Crippen molar-refractivity contribution in [3.05, 3.63) is 71.8 Å². The molecule has 0 bridgehead atoms. The van der Waals surface area contributed by atoms with Gasteiger partial charge in [0.15, 0.2) is 0 Å². The van der Waals surface area contributed by atoms with E-state index in [0.29, 0.717) is 13.1 Å². The van der Waals surface area contributed by atoms with Crippen molar-refractivity contribution in [3.63, 3.8) is 0 Å². The van der Waals surface area contributed by atoms with Crippen LogP contribution in [0.5, 0.6) is 0 Å². The molecule has 0 aliphatic rings. The molecule has 0 saturated carbocycles. The van der Waals surface area contributed by atoms with Gasteiger partial charge in [-0.05, 0) is 24.0 Å². The minimum atomic E-state index is -0.100. The third kappa shape index (κ3) is 5.14. The molecule has 0 spiro atoms. The van der Waals surface area contributed by atoms with Crippen molar-refractivity contribution in [2.24, 2.45) is 0 Å². The number of hydrogen-bond acceptors (Lipinski definition) is 1. The number of rotatable bonds is 6. The van der Waals surface area contributed by atoms with Gasteiger partial charge in [0.05, 0.1) is 0 Å². The van der Waals surface area contributed by atoms with E-state index in [2.05, 4.69) is 34.9 Å². The maximum atomic E-state index is 11.6. The molecular weight excluding hydrogens is 248 g/mol. The molecule has 0 atom stereocenters. The Morgan fingerprint density at radius 2 is 1.10 bits per heavy atom. The normalized spacial score (nSPS) is 10.0. The largest absolute Gasteiger partial charge is 0.338 e. The Hall–Kier alpha value is -2.29. The van der Waals surface area contributed by atoms with Crippen molar-refractivity contribution < 1.29 is 4.79 Å². The summed E-state index contributed by atoms with van der Waals surface area (Å²) in [7, 11) is 0. The van der Waals surface area contributed by atoms with E-state index >= 15 is 0 Å². The van der Waals surface area contributed by atoms with Crippen molar-refractivity contribution in [2.75, 3.05) is 13.1 Å². The first kappa shape index (κ1) is 14.1. The second-order valence-corrected chi connectivity index (χ2v) is 4.65. The predicted molar refractivity (Wildman–Crippen MR) is 81.7 cm³/mol. The van der Waals surface area contributed by atoms with Crippen molar-refractivity contribution in [2.45, 2.75) is 12.8 Å². The van der Waals surface area contributed by atoms with Crippen LogP contribution in [0.2, 0.25) is 0 Å². The number of hydrogen-bond donors (Lipinski definition) is 2. The Morgan fingerprint density at radius 3 is 1.50 bits per heavy atom. The highest BCUT2D eigenvalue weighted by atomic mass is 16.2. The summed E-state index contributed by atoms with van der Waals surface area (Å²) >= 11 is 0. The number of carbonyl (C=O) groups excluding carboxylic acids is 1. The molecule has 0 radical (unpaired) electrons. The number of benzene rings is 2. The summed E-state index contributed by atoms with van der Waals surface area (Å²) < 4.78 is 0. The van der Waals surface area contributed by atoms with Gasteiger partial charge in [0.1, 0.15) is 0 Å². The number of carbonyl (C=O) groups is 1. The molecule has 3 heteroatoms. The minimum absolute atomic E-state index is 0.100. The van der Waals surface area contributed by atoms with Crippen LogP contribution < -0.4 is 10.6 Å². The zero-order valence-electron chi connectivity index (χ0n) is 11.5. The highest BCUT2D eigenvalue weighted by Gasteiger charge is 1.99. The lowest BCUT2D eigenvalue weighted by atomic mass is 10.1. The lowest BCUT2D eigenvalue weighted by molar-refractivity contribution is 0.241. The number of nitrogens with one attached hydrogen (secondary N) is 2. The summed E-state index contributed by atoms with van der Waals surface area (Å²) in [6, 6.07) is 20.2. The summed E-state index contributed by atoms with van der Waals surface area (Å²) in [5.41, 5.74) is 2.47. The molecule has 3 nitrogen and oxygen atoms in total. The van der Waals surface area contributed by atoms with Gasteiger partial charge in [-0.1, -0.05) is 60.7 Å². The van der Waals surface area contributed by atoms with Gasteiger partial charge in [0.2, 0.25) is 0 Å². The van der Waals surface area contributed by atoms with Crippen LogP contribution in [-0.2, 0) is 12.8 Å². The van der Waals surface area contributed by atoms with E-state index in [0.717, 1.165) is 12.8 Å². The zero-order chi connectivity index (χ0) is 14.0. The molecule has 2 amide bonds. The molecule has 0 unspecified atom stereocenters. The highest BCUT2D eigenvalue weighted by molar-refractivity contribution is 5.73. The number of amides is 2. The fraction of sp³-hybridized carbons (Fsp3) is 0.235. The maximum Gasteiger partial charge on any atom is 0.314 e. The van der Waals surface area contributed by atoms with E-state index < -0.39 is 0 Å². The third-order valence-electron chi connectivity index (χ3n) is 3.08. The van der Waals surface area contributed by atoms with Gasteiger partial charge in [-0.3, -0.25) is 0 Å². The van der Waals surface area contributed by atoms with E-state index in [4.69, 9.17) is 0 Å². The van der Waals surface area contributed by atoms with Gasteiger partial charge in [-0.2, -0.15) is 0 Å². The SMILES string of the molecule is O=C(NCCc1ccccc1)NCCc1ccccc1. The molecule has 0 aliphatic heterocycles. The predicted octanol–water partition coefficient (Wildman–Crippen LogP) is 2.77. The van der Waals surface area contributed by atoms with E-state index in [1.807, 2.05) is 36.4 Å². The molecule has 20 heavy (non-hydrogen) atoms. The second kappa shape index (κ2) is 8.00. The molecule has 0 aliphatic carbocycles. The maximum absolute atomic E-state index is 11.6. The van der Waals surface area contributed by atoms with Gasteiger partial charge < -0.3 is 10.6 Å². The number of urea groups is 1. The minimum Gasteiger partial charge on any atom is -0.338 e. The molecule has 0 aromatic heterocycles. The Balaban J connectivity index is 1.59. The van der Waals surface area contributed by atoms with Gasteiger partial charge in [-0.25, -0.2) is 4.79 Å². The molecule has 2 aromatic rings. The van der Waals surface area contributed by atoms with E-state index in [9.17, 15) is 4.79 Å². The van der Waals surface area contributed by atoms with Crippen molar-refractivity contribution in [1.82, 2.24) is 10.6 Å². The summed E-state index contributed by atoms with van der Waals surface area (Å²) in [6.07, 6.45) is 1.71. The fourth-order valence-electron chi connectivity index (χ4n) is 1.99. The van der Waals surface area contributed by atoms with Crippen LogP contribution >= 0.6 is 0 Å². The van der Waals surface area contributed by atoms with Gasteiger partial charge in [-0.15, -0.1) is 0 Å². The summed E-state index contributed by atoms with van der Waals surface area (Å²) in [5, 5.41) is 5.73. The average Bonchev–Trinajstić information content (AvgIpc) is 2.49. The van der Waals surface area contributed by atoms with Crippen LogP contribution in [0.3, 0.4) is 0 Å². The van der Waals surface area contributed by atoms with Gasteiger partial charge in [0, 0.05) is 13.1 Å². The molecule has 0 heterocycles.